The normalized spacial score (nSPS) is 14.8. The molecule has 1 heterocycles. The Bertz CT molecular complexity index is 3580. The Balaban J connectivity index is 1.21. The molecule has 0 aliphatic heterocycles. The van der Waals surface area contributed by atoms with Crippen molar-refractivity contribution in [2.24, 2.45) is 0 Å². The number of para-hydroxylation sites is 1. The van der Waals surface area contributed by atoms with E-state index < -0.39 is 29.6 Å². The summed E-state index contributed by atoms with van der Waals surface area (Å²) < 4.78 is 84.1. The maximum absolute atomic E-state index is 9.90. The van der Waals surface area contributed by atoms with Crippen molar-refractivity contribution in [1.82, 2.24) is 0 Å². The van der Waals surface area contributed by atoms with Crippen LogP contribution in [0.3, 0.4) is 0 Å². The van der Waals surface area contributed by atoms with Gasteiger partial charge in [0.05, 0.1) is 16.7 Å². The quantitative estimate of drug-likeness (QED) is 0.169. The summed E-state index contributed by atoms with van der Waals surface area (Å²) >= 11 is 0. The molecule has 0 bridgehead atoms. The highest BCUT2D eigenvalue weighted by Crippen LogP contribution is 2.52. The number of fused-ring (bicyclic) bond motifs is 8. The van der Waals surface area contributed by atoms with Crippen LogP contribution in [-0.4, -0.2) is 0 Å². The second kappa shape index (κ2) is 13.0. The van der Waals surface area contributed by atoms with Crippen molar-refractivity contribution in [2.45, 2.75) is 19.3 Å². The van der Waals surface area contributed by atoms with E-state index in [0.29, 0.717) is 33.5 Å². The predicted octanol–water partition coefficient (Wildman–Crippen LogP) is 15.5. The minimum atomic E-state index is -0.518. The molecule has 1 aromatic heterocycles. The van der Waals surface area contributed by atoms with E-state index in [1.807, 2.05) is 103 Å². The molecule has 2 heteroatoms. The average molecular weight is 738 g/mol. The number of anilines is 3. The summed E-state index contributed by atoms with van der Waals surface area (Å²) in [4.78, 5) is 1.40. The second-order valence-electron chi connectivity index (χ2n) is 15.0. The SMILES string of the molecule is [2H]c1c([2H])c(N(c2ccccc2-c2cccc3oc4c5ccccc5ccc4c23)c2c([2H])c([2H])c(-c3cccc4c3C(C)(C)c3ccccc3-4)c([2H])c2[2H])c([2H])c([2H])c1-c1ccccc1. The van der Waals surface area contributed by atoms with Gasteiger partial charge in [0.25, 0.3) is 0 Å². The highest BCUT2D eigenvalue weighted by atomic mass is 16.3. The molecule has 0 saturated heterocycles. The summed E-state index contributed by atoms with van der Waals surface area (Å²) in [6, 6.07) is 45.0. The first-order chi connectivity index (χ1) is 31.4. The minimum Gasteiger partial charge on any atom is -0.455 e. The molecule has 0 N–H and O–H groups in total. The van der Waals surface area contributed by atoms with E-state index in [1.54, 1.807) is 36.4 Å². The molecule has 0 fully saturated rings. The van der Waals surface area contributed by atoms with Crippen LogP contribution in [0.15, 0.2) is 204 Å². The van der Waals surface area contributed by atoms with Gasteiger partial charge in [0.2, 0.25) is 0 Å². The molecule has 1 aliphatic rings. The molecule has 270 valence electrons. The maximum atomic E-state index is 9.90. The van der Waals surface area contributed by atoms with Crippen LogP contribution in [0, 0.1) is 0 Å². The molecule has 0 saturated carbocycles. The lowest BCUT2D eigenvalue weighted by Crippen LogP contribution is -2.16. The Morgan fingerprint density at radius 2 is 1.07 bits per heavy atom. The van der Waals surface area contributed by atoms with Crippen molar-refractivity contribution in [3.05, 3.63) is 211 Å². The van der Waals surface area contributed by atoms with E-state index >= 15 is 0 Å². The number of furan rings is 1. The lowest BCUT2D eigenvalue weighted by atomic mass is 9.79. The van der Waals surface area contributed by atoms with Gasteiger partial charge in [-0.2, -0.15) is 0 Å². The molecule has 11 rings (SSSR count). The highest BCUT2D eigenvalue weighted by molar-refractivity contribution is 6.19. The van der Waals surface area contributed by atoms with Gasteiger partial charge in [0, 0.05) is 38.5 Å². The van der Waals surface area contributed by atoms with Crippen molar-refractivity contribution in [1.29, 1.82) is 0 Å². The Labute approximate surface area is 344 Å². The summed E-state index contributed by atoms with van der Waals surface area (Å²) in [5, 5.41) is 3.64. The van der Waals surface area contributed by atoms with Gasteiger partial charge in [0.15, 0.2) is 0 Å². The van der Waals surface area contributed by atoms with Gasteiger partial charge in [-0.1, -0.05) is 171 Å². The van der Waals surface area contributed by atoms with Crippen molar-refractivity contribution in [3.8, 4) is 44.5 Å². The van der Waals surface area contributed by atoms with E-state index in [1.165, 1.54) is 4.90 Å². The van der Waals surface area contributed by atoms with Gasteiger partial charge in [-0.25, -0.2) is 0 Å². The summed E-state index contributed by atoms with van der Waals surface area (Å²) in [5.41, 5.74) is 7.39. The summed E-state index contributed by atoms with van der Waals surface area (Å²) in [6.45, 7) is 4.22. The van der Waals surface area contributed by atoms with Crippen LogP contribution in [0.25, 0.3) is 77.2 Å². The number of hydrogen-bond donors (Lipinski definition) is 0. The lowest BCUT2D eigenvalue weighted by Gasteiger charge is -2.29. The van der Waals surface area contributed by atoms with Gasteiger partial charge in [-0.3, -0.25) is 0 Å². The summed E-state index contributed by atoms with van der Waals surface area (Å²) in [7, 11) is 0. The topological polar surface area (TPSA) is 16.4 Å². The zero-order valence-electron chi connectivity index (χ0n) is 39.3. The maximum Gasteiger partial charge on any atom is 0.143 e. The third-order valence-corrected chi connectivity index (χ3v) is 11.4. The first-order valence-corrected chi connectivity index (χ1v) is 19.1. The third kappa shape index (κ3) is 5.25. The average Bonchev–Trinajstić information content (AvgIpc) is 3.83. The second-order valence-corrected chi connectivity index (χ2v) is 15.0. The molecule has 0 atom stereocenters. The number of rotatable bonds is 6. The number of hydrogen-bond acceptors (Lipinski definition) is 2. The van der Waals surface area contributed by atoms with Crippen LogP contribution in [0.2, 0.25) is 0 Å². The Kier molecular flexibility index (Phi) is 5.88. The first kappa shape index (κ1) is 25.8. The van der Waals surface area contributed by atoms with Gasteiger partial charge in [0.1, 0.15) is 11.2 Å². The van der Waals surface area contributed by atoms with Crippen LogP contribution >= 0.6 is 0 Å². The van der Waals surface area contributed by atoms with Crippen LogP contribution < -0.4 is 4.90 Å². The Morgan fingerprint density at radius 1 is 0.456 bits per heavy atom. The molecular formula is C55H39NO. The summed E-state index contributed by atoms with van der Waals surface area (Å²) in [5.74, 6) is 0. The zero-order chi connectivity index (χ0) is 45.1. The molecule has 0 spiro atoms. The molecule has 0 radical (unpaired) electrons. The molecule has 57 heavy (non-hydrogen) atoms. The predicted molar refractivity (Wildman–Crippen MR) is 240 cm³/mol. The fourth-order valence-corrected chi connectivity index (χ4v) is 8.80. The van der Waals surface area contributed by atoms with E-state index in [9.17, 15) is 11.0 Å². The van der Waals surface area contributed by atoms with Crippen LogP contribution in [0.1, 0.15) is 35.9 Å². The fourth-order valence-electron chi connectivity index (χ4n) is 8.80. The Morgan fingerprint density at radius 3 is 1.88 bits per heavy atom. The van der Waals surface area contributed by atoms with E-state index in [0.717, 1.165) is 49.4 Å². The molecule has 0 amide bonds. The Hall–Kier alpha value is -7.16. The largest absolute Gasteiger partial charge is 0.455 e. The molecule has 2 nitrogen and oxygen atoms in total. The van der Waals surface area contributed by atoms with Crippen LogP contribution in [0.5, 0.6) is 0 Å². The smallest absolute Gasteiger partial charge is 0.143 e. The van der Waals surface area contributed by atoms with Gasteiger partial charge in [-0.15, -0.1) is 0 Å². The highest BCUT2D eigenvalue weighted by Gasteiger charge is 2.37. The van der Waals surface area contributed by atoms with Crippen molar-refractivity contribution in [2.75, 3.05) is 4.90 Å². The third-order valence-electron chi connectivity index (χ3n) is 11.4. The zero-order valence-corrected chi connectivity index (χ0v) is 31.3. The van der Waals surface area contributed by atoms with E-state index in [2.05, 4.69) is 26.0 Å². The van der Waals surface area contributed by atoms with E-state index in [-0.39, 0.29) is 46.7 Å². The van der Waals surface area contributed by atoms with Gasteiger partial charge < -0.3 is 9.32 Å². The van der Waals surface area contributed by atoms with Crippen LogP contribution in [-0.2, 0) is 5.41 Å². The lowest BCUT2D eigenvalue weighted by molar-refractivity contribution is 0.662. The van der Waals surface area contributed by atoms with Crippen molar-refractivity contribution in [3.63, 3.8) is 0 Å². The minimum absolute atomic E-state index is 0.107. The number of nitrogens with zero attached hydrogens (tertiary/aromatic N) is 1. The monoisotopic (exact) mass is 737 g/mol. The van der Waals surface area contributed by atoms with Crippen LogP contribution in [0.4, 0.5) is 17.1 Å². The molecular weight excluding hydrogens is 691 g/mol. The molecule has 1 aliphatic carbocycles. The van der Waals surface area contributed by atoms with Crippen molar-refractivity contribution < 1.29 is 15.4 Å². The standard InChI is InChI=1S/C55H39NO/c1-55(2)49-23-10-8-18-44(49)47-22-12-20-42(53(47)55)39-28-33-41(34-29-39)56(40-31-26-37(27-32-40)36-14-4-3-5-15-36)50-24-11-9-19-45(50)46-21-13-25-51-52(46)48-35-30-38-16-6-7-17-43(38)54(48)57-51/h3-35H,1-2H3/i26D,27D,28D,29D,31D,32D,33D,34D. The van der Waals surface area contributed by atoms with E-state index in [4.69, 9.17) is 4.42 Å². The van der Waals surface area contributed by atoms with Gasteiger partial charge in [-0.05, 0) is 97.8 Å². The molecule has 9 aromatic carbocycles. The molecule has 0 unspecified atom stereocenters. The first-order valence-electron chi connectivity index (χ1n) is 23.1. The van der Waals surface area contributed by atoms with Crippen molar-refractivity contribution >= 4 is 49.8 Å². The van der Waals surface area contributed by atoms with Gasteiger partial charge >= 0.3 is 0 Å². The fraction of sp³-hybridized carbons (Fsp3) is 0.0545. The number of benzene rings is 9. The summed E-state index contributed by atoms with van der Waals surface area (Å²) in [6.07, 6.45) is 0. The molecule has 10 aromatic rings.